The number of halogens is 2. The zero-order valence-electron chi connectivity index (χ0n) is 20.8. The van der Waals surface area contributed by atoms with Crippen LogP contribution in [-0.4, -0.2) is 47.0 Å². The van der Waals surface area contributed by atoms with Gasteiger partial charge in [0, 0.05) is 30.3 Å². The van der Waals surface area contributed by atoms with Crippen molar-refractivity contribution in [1.29, 1.82) is 0 Å². The topological polar surface area (TPSA) is 122 Å². The molecule has 0 spiro atoms. The first-order valence-corrected chi connectivity index (χ1v) is 12.7. The van der Waals surface area contributed by atoms with Crippen molar-refractivity contribution >= 4 is 52.4 Å². The van der Waals surface area contributed by atoms with Gasteiger partial charge in [-0.3, -0.25) is 4.79 Å². The molecular weight excluding hydrogens is 527 g/mol. The van der Waals surface area contributed by atoms with E-state index in [0.29, 0.717) is 45.9 Å². The molecule has 1 amide bonds. The Bertz CT molecular complexity index is 1360. The van der Waals surface area contributed by atoms with E-state index in [9.17, 15) is 9.59 Å². The number of anilines is 3. The second kappa shape index (κ2) is 11.8. The highest BCUT2D eigenvalue weighted by Crippen LogP contribution is 2.35. The number of amides is 1. The van der Waals surface area contributed by atoms with Gasteiger partial charge in [-0.15, -0.1) is 0 Å². The number of carbonyl (C=O) groups is 2. The van der Waals surface area contributed by atoms with E-state index in [1.807, 2.05) is 0 Å². The molecule has 3 aromatic rings. The lowest BCUT2D eigenvalue weighted by Gasteiger charge is -2.40. The number of piperidine rings is 1. The molecule has 0 unspecified atom stereocenters. The molecule has 9 nitrogen and oxygen atoms in total. The Morgan fingerprint density at radius 1 is 1.18 bits per heavy atom. The molecule has 4 rings (SSSR count). The first-order chi connectivity index (χ1) is 18.2. The maximum Gasteiger partial charge on any atom is 0.335 e. The molecular formula is C27H28Cl2N6O3. The molecule has 1 saturated heterocycles. The van der Waals surface area contributed by atoms with Crippen LogP contribution in [0.2, 0.25) is 10.0 Å². The second-order valence-corrected chi connectivity index (χ2v) is 9.92. The van der Waals surface area contributed by atoms with E-state index in [0.717, 1.165) is 18.9 Å². The lowest BCUT2D eigenvalue weighted by atomic mass is 9.89. The van der Waals surface area contributed by atoms with Crippen molar-refractivity contribution in [3.05, 3.63) is 71.4 Å². The fraction of sp³-hybridized carbons (Fsp3) is 0.259. The van der Waals surface area contributed by atoms with Crippen molar-refractivity contribution in [2.45, 2.75) is 25.3 Å². The van der Waals surface area contributed by atoms with Crippen molar-refractivity contribution in [2.24, 2.45) is 0 Å². The lowest BCUT2D eigenvalue weighted by molar-refractivity contribution is -0.129. The van der Waals surface area contributed by atoms with E-state index in [-0.39, 0.29) is 29.6 Å². The Labute approximate surface area is 231 Å². The maximum absolute atomic E-state index is 12.6. The minimum atomic E-state index is -0.599. The van der Waals surface area contributed by atoms with Crippen molar-refractivity contribution in [2.75, 3.05) is 35.6 Å². The number of aromatic nitrogens is 2. The zero-order valence-corrected chi connectivity index (χ0v) is 22.4. The second-order valence-electron chi connectivity index (χ2n) is 9.13. The van der Waals surface area contributed by atoms with Crippen molar-refractivity contribution in [1.82, 2.24) is 15.3 Å². The van der Waals surface area contributed by atoms with Crippen LogP contribution in [0.3, 0.4) is 0 Å². The molecule has 38 heavy (non-hydrogen) atoms. The molecule has 4 N–H and O–H groups in total. The Morgan fingerprint density at radius 3 is 2.63 bits per heavy atom. The quantitative estimate of drug-likeness (QED) is 0.208. The monoisotopic (exact) mass is 554 g/mol. The maximum atomic E-state index is 12.6. The van der Waals surface area contributed by atoms with Gasteiger partial charge in [-0.25, -0.2) is 14.8 Å². The van der Waals surface area contributed by atoms with E-state index >= 15 is 0 Å². The standard InChI is InChI=1S/C27H28Cl2N6O3/c1-3-23(37)38-20-10-5-4-9-19(20)33-22(36)16-32-27(2)11-13-35(14-12-27)21-15-31-25(26(30)34-21)17-7-6-8-18(28)24(17)29/h3-10,15,32H,1,11-14,16H2,2H3,(H2,30,34)(H,33,36). The highest BCUT2D eigenvalue weighted by molar-refractivity contribution is 6.43. The Kier molecular flexibility index (Phi) is 8.51. The predicted molar refractivity (Wildman–Crippen MR) is 151 cm³/mol. The fourth-order valence-electron chi connectivity index (χ4n) is 4.14. The first kappa shape index (κ1) is 27.4. The Hall–Kier alpha value is -3.66. The van der Waals surface area contributed by atoms with E-state index < -0.39 is 5.97 Å². The average molecular weight is 555 g/mol. The predicted octanol–water partition coefficient (Wildman–Crippen LogP) is 4.71. The van der Waals surface area contributed by atoms with Gasteiger partial charge in [-0.05, 0) is 38.0 Å². The molecule has 2 heterocycles. The Balaban J connectivity index is 1.33. The van der Waals surface area contributed by atoms with Gasteiger partial charge in [0.05, 0.1) is 28.5 Å². The SMILES string of the molecule is C=CC(=O)Oc1ccccc1NC(=O)CNC1(C)CCN(c2cnc(-c3cccc(Cl)c3Cl)c(N)n2)CC1. The number of hydrogen-bond donors (Lipinski definition) is 3. The summed E-state index contributed by atoms with van der Waals surface area (Å²) in [5.74, 6) is 0.362. The summed E-state index contributed by atoms with van der Waals surface area (Å²) in [6, 6.07) is 12.0. The smallest absolute Gasteiger partial charge is 0.335 e. The summed E-state index contributed by atoms with van der Waals surface area (Å²) < 4.78 is 5.19. The van der Waals surface area contributed by atoms with Gasteiger partial charge in [0.2, 0.25) is 5.91 Å². The average Bonchev–Trinajstić information content (AvgIpc) is 2.91. The number of esters is 1. The summed E-state index contributed by atoms with van der Waals surface area (Å²) in [6.07, 6.45) is 4.30. The van der Waals surface area contributed by atoms with Crippen LogP contribution >= 0.6 is 23.2 Å². The van der Waals surface area contributed by atoms with Crippen LogP contribution in [0.4, 0.5) is 17.3 Å². The molecule has 2 aromatic carbocycles. The number of nitrogens with one attached hydrogen (secondary N) is 2. The van der Waals surface area contributed by atoms with E-state index in [2.05, 4.69) is 39.0 Å². The third-order valence-electron chi connectivity index (χ3n) is 6.40. The van der Waals surface area contributed by atoms with Gasteiger partial charge in [0.25, 0.3) is 0 Å². The van der Waals surface area contributed by atoms with Crippen molar-refractivity contribution in [3.8, 4) is 17.0 Å². The number of nitrogens with two attached hydrogens (primary N) is 1. The summed E-state index contributed by atoms with van der Waals surface area (Å²) in [6.45, 7) is 6.98. The Morgan fingerprint density at radius 2 is 1.92 bits per heavy atom. The number of nitrogen functional groups attached to an aromatic ring is 1. The van der Waals surface area contributed by atoms with Gasteiger partial charge in [-0.1, -0.05) is 54.0 Å². The van der Waals surface area contributed by atoms with Crippen LogP contribution in [0.1, 0.15) is 19.8 Å². The highest BCUT2D eigenvalue weighted by atomic mass is 35.5. The normalized spacial score (nSPS) is 14.6. The summed E-state index contributed by atoms with van der Waals surface area (Å²) in [5.41, 5.74) is 7.50. The molecule has 0 aliphatic carbocycles. The van der Waals surface area contributed by atoms with Gasteiger partial charge in [-0.2, -0.15) is 0 Å². The summed E-state index contributed by atoms with van der Waals surface area (Å²) in [4.78, 5) is 35.4. The summed E-state index contributed by atoms with van der Waals surface area (Å²) >= 11 is 12.5. The molecule has 1 aromatic heterocycles. The van der Waals surface area contributed by atoms with Gasteiger partial charge in [0.15, 0.2) is 11.6 Å². The van der Waals surface area contributed by atoms with Gasteiger partial charge < -0.3 is 26.0 Å². The molecule has 0 saturated carbocycles. The number of ether oxygens (including phenoxy) is 1. The minimum absolute atomic E-state index is 0.0993. The number of hydrogen-bond acceptors (Lipinski definition) is 8. The van der Waals surface area contributed by atoms with E-state index in [4.69, 9.17) is 33.7 Å². The number of benzene rings is 2. The molecule has 198 valence electrons. The third-order valence-corrected chi connectivity index (χ3v) is 7.22. The van der Waals surface area contributed by atoms with Gasteiger partial charge in [0.1, 0.15) is 11.5 Å². The third kappa shape index (κ3) is 6.42. The molecule has 1 aliphatic heterocycles. The molecule has 1 fully saturated rings. The number of nitrogens with zero attached hydrogens (tertiary/aromatic N) is 3. The largest absolute Gasteiger partial charge is 0.421 e. The van der Waals surface area contributed by atoms with Gasteiger partial charge >= 0.3 is 5.97 Å². The lowest BCUT2D eigenvalue weighted by Crippen LogP contribution is -2.53. The number of rotatable bonds is 8. The van der Waals surface area contributed by atoms with Crippen molar-refractivity contribution in [3.63, 3.8) is 0 Å². The molecule has 1 aliphatic rings. The van der Waals surface area contributed by atoms with Crippen LogP contribution in [0.25, 0.3) is 11.3 Å². The minimum Gasteiger partial charge on any atom is -0.421 e. The van der Waals surface area contributed by atoms with E-state index in [1.54, 1.807) is 48.7 Å². The molecule has 0 radical (unpaired) electrons. The summed E-state index contributed by atoms with van der Waals surface area (Å²) in [7, 11) is 0. The molecule has 11 heteroatoms. The first-order valence-electron chi connectivity index (χ1n) is 12.0. The van der Waals surface area contributed by atoms with Crippen LogP contribution in [0.15, 0.2) is 61.3 Å². The molecule has 0 bridgehead atoms. The van der Waals surface area contributed by atoms with Crippen LogP contribution in [0.5, 0.6) is 5.75 Å². The summed E-state index contributed by atoms with van der Waals surface area (Å²) in [5, 5.41) is 6.96. The fourth-order valence-corrected chi connectivity index (χ4v) is 4.53. The highest BCUT2D eigenvalue weighted by Gasteiger charge is 2.31. The van der Waals surface area contributed by atoms with Crippen LogP contribution in [0, 0.1) is 0 Å². The van der Waals surface area contributed by atoms with Crippen LogP contribution in [-0.2, 0) is 9.59 Å². The van der Waals surface area contributed by atoms with Crippen LogP contribution < -0.4 is 26.0 Å². The number of carbonyl (C=O) groups excluding carboxylic acids is 2. The van der Waals surface area contributed by atoms with Crippen molar-refractivity contribution < 1.29 is 14.3 Å². The molecule has 0 atom stereocenters. The number of para-hydroxylation sites is 2. The zero-order chi connectivity index (χ0) is 27.3. The van der Waals surface area contributed by atoms with E-state index in [1.165, 1.54) is 0 Å².